The van der Waals surface area contributed by atoms with E-state index in [0.29, 0.717) is 54.0 Å². The van der Waals surface area contributed by atoms with Crippen molar-refractivity contribution in [2.75, 3.05) is 31.7 Å². The van der Waals surface area contributed by atoms with Crippen LogP contribution >= 0.6 is 11.6 Å². The number of hydrogen-bond donors (Lipinski definition) is 1. The molecule has 7 heteroatoms. The molecule has 0 aromatic heterocycles. The van der Waals surface area contributed by atoms with Gasteiger partial charge in [0.1, 0.15) is 5.75 Å². The Labute approximate surface area is 198 Å². The van der Waals surface area contributed by atoms with Gasteiger partial charge in [0.05, 0.1) is 19.8 Å². The van der Waals surface area contributed by atoms with E-state index in [2.05, 4.69) is 5.32 Å². The molecule has 0 fully saturated rings. The molecule has 0 unspecified atom stereocenters. The average molecular weight is 468 g/mol. The summed E-state index contributed by atoms with van der Waals surface area (Å²) in [7, 11) is 0. The molecule has 1 N–H and O–H groups in total. The lowest BCUT2D eigenvalue weighted by Crippen LogP contribution is -2.20. The van der Waals surface area contributed by atoms with Gasteiger partial charge < -0.3 is 19.5 Å². The first-order valence-electron chi connectivity index (χ1n) is 10.6. The highest BCUT2D eigenvalue weighted by Crippen LogP contribution is 2.18. The lowest BCUT2D eigenvalue weighted by molar-refractivity contribution is -0.118. The Morgan fingerprint density at radius 1 is 0.879 bits per heavy atom. The number of benzene rings is 3. The average Bonchev–Trinajstić information content (AvgIpc) is 2.83. The summed E-state index contributed by atoms with van der Waals surface area (Å²) in [5.41, 5.74) is 2.69. The van der Waals surface area contributed by atoms with Crippen LogP contribution in [0, 0.1) is 0 Å². The van der Waals surface area contributed by atoms with Gasteiger partial charge in [0.15, 0.2) is 12.4 Å². The van der Waals surface area contributed by atoms with Crippen LogP contribution in [0.2, 0.25) is 5.02 Å². The molecular formula is C26H26ClNO5. The van der Waals surface area contributed by atoms with E-state index in [9.17, 15) is 9.59 Å². The van der Waals surface area contributed by atoms with E-state index in [1.165, 1.54) is 0 Å². The number of nitrogens with one attached hydrogen (secondary N) is 1. The molecule has 0 aliphatic heterocycles. The van der Waals surface area contributed by atoms with Gasteiger partial charge in [-0.1, -0.05) is 23.7 Å². The highest BCUT2D eigenvalue weighted by molar-refractivity contribution is 6.30. The number of carbonyl (C=O) groups excluding carboxylic acids is 2. The number of amides is 1. The van der Waals surface area contributed by atoms with E-state index >= 15 is 0 Å². The largest absolute Gasteiger partial charge is 0.484 e. The van der Waals surface area contributed by atoms with Crippen molar-refractivity contribution in [1.29, 1.82) is 0 Å². The number of carbonyl (C=O) groups is 2. The Bertz CT molecular complexity index is 1050. The van der Waals surface area contributed by atoms with Crippen molar-refractivity contribution in [1.82, 2.24) is 0 Å². The fraction of sp³-hybridized carbons (Fsp3) is 0.231. The minimum atomic E-state index is -0.286. The predicted molar refractivity (Wildman–Crippen MR) is 128 cm³/mol. The molecule has 0 aliphatic carbocycles. The topological polar surface area (TPSA) is 73.9 Å². The molecule has 0 radical (unpaired) electrons. The summed E-state index contributed by atoms with van der Waals surface area (Å²) in [6, 6.07) is 20.8. The highest BCUT2D eigenvalue weighted by Gasteiger charge is 2.10. The van der Waals surface area contributed by atoms with Crippen LogP contribution < -0.4 is 10.1 Å². The fourth-order valence-corrected chi connectivity index (χ4v) is 3.13. The van der Waals surface area contributed by atoms with Crippen molar-refractivity contribution < 1.29 is 23.8 Å². The van der Waals surface area contributed by atoms with Crippen LogP contribution in [0.25, 0.3) is 0 Å². The fourth-order valence-electron chi connectivity index (χ4n) is 3.01. The van der Waals surface area contributed by atoms with Crippen LogP contribution in [-0.2, 0) is 20.9 Å². The van der Waals surface area contributed by atoms with Crippen LogP contribution in [0.15, 0.2) is 72.8 Å². The SMILES string of the molecule is CCOCCOCc1cccc(NC(=O)COc2ccc(C(=O)c3ccc(Cl)cc3)cc2)c1. The summed E-state index contributed by atoms with van der Waals surface area (Å²) in [5.74, 6) is 0.0951. The molecular weight excluding hydrogens is 442 g/mol. The lowest BCUT2D eigenvalue weighted by Gasteiger charge is -2.10. The quantitative estimate of drug-likeness (QED) is 0.295. The normalized spacial score (nSPS) is 10.6. The first-order chi connectivity index (χ1) is 16.0. The Kier molecular flexibility index (Phi) is 9.44. The zero-order valence-corrected chi connectivity index (χ0v) is 19.1. The van der Waals surface area contributed by atoms with Crippen molar-refractivity contribution in [3.05, 3.63) is 94.5 Å². The van der Waals surface area contributed by atoms with Crippen LogP contribution in [0.5, 0.6) is 5.75 Å². The zero-order valence-electron chi connectivity index (χ0n) is 18.4. The third-order valence-electron chi connectivity index (χ3n) is 4.65. The first-order valence-corrected chi connectivity index (χ1v) is 11.0. The molecule has 3 rings (SSSR count). The van der Waals surface area contributed by atoms with Gasteiger partial charge in [-0.25, -0.2) is 0 Å². The molecule has 3 aromatic carbocycles. The van der Waals surface area contributed by atoms with E-state index < -0.39 is 0 Å². The zero-order chi connectivity index (χ0) is 23.5. The third-order valence-corrected chi connectivity index (χ3v) is 4.90. The standard InChI is InChI=1S/C26H26ClNO5/c1-2-31-14-15-32-17-19-4-3-5-23(16-19)28-25(29)18-33-24-12-8-21(9-13-24)26(30)20-6-10-22(27)11-7-20/h3-13,16H,2,14-15,17-18H2,1H3,(H,28,29). The van der Waals surface area contributed by atoms with E-state index in [4.69, 9.17) is 25.8 Å². The number of ether oxygens (including phenoxy) is 3. The van der Waals surface area contributed by atoms with Gasteiger partial charge >= 0.3 is 0 Å². The molecule has 0 saturated carbocycles. The number of rotatable bonds is 12. The molecule has 33 heavy (non-hydrogen) atoms. The highest BCUT2D eigenvalue weighted by atomic mass is 35.5. The molecule has 6 nitrogen and oxygen atoms in total. The number of hydrogen-bond acceptors (Lipinski definition) is 5. The predicted octanol–water partition coefficient (Wildman–Crippen LogP) is 5.14. The second kappa shape index (κ2) is 12.7. The molecule has 0 saturated heterocycles. The maximum absolute atomic E-state index is 12.5. The van der Waals surface area contributed by atoms with Gasteiger partial charge in [0.2, 0.25) is 0 Å². The van der Waals surface area contributed by atoms with Gasteiger partial charge in [0.25, 0.3) is 5.91 Å². The van der Waals surface area contributed by atoms with E-state index in [1.54, 1.807) is 54.6 Å². The molecule has 0 aliphatic rings. The summed E-state index contributed by atoms with van der Waals surface area (Å²) in [6.45, 7) is 3.96. The lowest BCUT2D eigenvalue weighted by atomic mass is 10.0. The Morgan fingerprint density at radius 3 is 2.24 bits per heavy atom. The maximum Gasteiger partial charge on any atom is 0.262 e. The van der Waals surface area contributed by atoms with Crippen molar-refractivity contribution >= 4 is 29.0 Å². The van der Waals surface area contributed by atoms with E-state index in [1.807, 2.05) is 25.1 Å². The van der Waals surface area contributed by atoms with Crippen molar-refractivity contribution in [2.24, 2.45) is 0 Å². The molecule has 172 valence electrons. The van der Waals surface area contributed by atoms with Crippen LogP contribution in [0.4, 0.5) is 5.69 Å². The number of anilines is 1. The van der Waals surface area contributed by atoms with Gasteiger partial charge in [-0.3, -0.25) is 9.59 Å². The molecule has 0 atom stereocenters. The Morgan fingerprint density at radius 2 is 1.55 bits per heavy atom. The molecule has 0 bridgehead atoms. The van der Waals surface area contributed by atoms with E-state index in [-0.39, 0.29) is 18.3 Å². The first kappa shape index (κ1) is 24.5. The minimum Gasteiger partial charge on any atom is -0.484 e. The van der Waals surface area contributed by atoms with Gasteiger partial charge in [-0.2, -0.15) is 0 Å². The Balaban J connectivity index is 1.46. The second-order valence-corrected chi connectivity index (χ2v) is 7.58. The summed E-state index contributed by atoms with van der Waals surface area (Å²) in [6.07, 6.45) is 0. The summed E-state index contributed by atoms with van der Waals surface area (Å²) < 4.78 is 16.3. The molecule has 3 aromatic rings. The van der Waals surface area contributed by atoms with Crippen molar-refractivity contribution in [3.8, 4) is 5.75 Å². The molecule has 0 spiro atoms. The van der Waals surface area contributed by atoms with Gasteiger partial charge in [-0.05, 0) is 73.2 Å². The maximum atomic E-state index is 12.5. The van der Waals surface area contributed by atoms with Crippen LogP contribution in [-0.4, -0.2) is 38.1 Å². The third kappa shape index (κ3) is 8.02. The minimum absolute atomic E-state index is 0.113. The summed E-state index contributed by atoms with van der Waals surface area (Å²) in [4.78, 5) is 24.8. The van der Waals surface area contributed by atoms with Crippen LogP contribution in [0.3, 0.4) is 0 Å². The van der Waals surface area contributed by atoms with E-state index in [0.717, 1.165) is 5.56 Å². The molecule has 0 heterocycles. The van der Waals surface area contributed by atoms with Crippen molar-refractivity contribution in [2.45, 2.75) is 13.5 Å². The number of halogens is 1. The van der Waals surface area contributed by atoms with Gasteiger partial charge in [0, 0.05) is 28.4 Å². The monoisotopic (exact) mass is 467 g/mol. The second-order valence-electron chi connectivity index (χ2n) is 7.15. The van der Waals surface area contributed by atoms with Gasteiger partial charge in [-0.15, -0.1) is 0 Å². The van der Waals surface area contributed by atoms with Crippen LogP contribution in [0.1, 0.15) is 28.4 Å². The summed E-state index contributed by atoms with van der Waals surface area (Å²) >= 11 is 5.87. The van der Waals surface area contributed by atoms with Crippen molar-refractivity contribution in [3.63, 3.8) is 0 Å². The Hall–Kier alpha value is -3.19. The molecule has 1 amide bonds. The summed E-state index contributed by atoms with van der Waals surface area (Å²) in [5, 5.41) is 3.38. The smallest absolute Gasteiger partial charge is 0.262 e. The number of ketones is 1.